The van der Waals surface area contributed by atoms with Crippen molar-refractivity contribution in [2.75, 3.05) is 11.9 Å². The topological polar surface area (TPSA) is 49.4 Å². The highest BCUT2D eigenvalue weighted by molar-refractivity contribution is 8.26. The molecule has 0 atom stereocenters. The molecule has 0 aliphatic carbocycles. The van der Waals surface area contributed by atoms with E-state index in [1.54, 1.807) is 12.2 Å². The van der Waals surface area contributed by atoms with Crippen LogP contribution in [0.15, 0.2) is 71.7 Å². The molecule has 136 valence electrons. The van der Waals surface area contributed by atoms with Crippen LogP contribution in [-0.2, 0) is 9.59 Å². The summed E-state index contributed by atoms with van der Waals surface area (Å²) in [6, 6.07) is 15.1. The van der Waals surface area contributed by atoms with Crippen molar-refractivity contribution in [3.05, 3.63) is 83.0 Å². The summed E-state index contributed by atoms with van der Waals surface area (Å²) < 4.78 is 13.2. The maximum Gasteiger partial charge on any atom is 0.266 e. The molecule has 0 saturated carbocycles. The Morgan fingerprint density at radius 2 is 1.85 bits per heavy atom. The lowest BCUT2D eigenvalue weighted by molar-refractivity contribution is -0.126. The van der Waals surface area contributed by atoms with Crippen LogP contribution in [0, 0.1) is 5.82 Å². The molecular formula is C20H15FN2O2S2. The average molecular weight is 398 g/mol. The van der Waals surface area contributed by atoms with E-state index in [2.05, 4.69) is 5.32 Å². The number of anilines is 1. The molecule has 3 rings (SSSR count). The number of halogens is 1. The largest absolute Gasteiger partial charge is 0.325 e. The third kappa shape index (κ3) is 5.12. The molecule has 0 unspecified atom stereocenters. The van der Waals surface area contributed by atoms with Crippen molar-refractivity contribution in [1.82, 2.24) is 4.90 Å². The number of nitrogens with zero attached hydrogens (tertiary/aromatic N) is 1. The summed E-state index contributed by atoms with van der Waals surface area (Å²) in [7, 11) is 0. The first kappa shape index (κ1) is 19.0. The molecule has 7 heteroatoms. The Labute approximate surface area is 165 Å². The molecule has 2 aromatic rings. The zero-order valence-corrected chi connectivity index (χ0v) is 15.7. The predicted molar refractivity (Wildman–Crippen MR) is 110 cm³/mol. The summed E-state index contributed by atoms with van der Waals surface area (Å²) in [6.45, 7) is -0.193. The molecule has 1 N–H and O–H groups in total. The lowest BCUT2D eigenvalue weighted by Crippen LogP contribution is -2.36. The summed E-state index contributed by atoms with van der Waals surface area (Å²) >= 11 is 6.37. The molecule has 1 aliphatic rings. The number of benzene rings is 2. The molecule has 0 spiro atoms. The summed E-state index contributed by atoms with van der Waals surface area (Å²) in [5.74, 6) is -1.10. The van der Waals surface area contributed by atoms with Gasteiger partial charge in [0.1, 0.15) is 16.7 Å². The zero-order chi connectivity index (χ0) is 19.2. The number of thiocarbonyl (C=S) groups is 1. The van der Waals surface area contributed by atoms with Crippen molar-refractivity contribution in [2.24, 2.45) is 0 Å². The van der Waals surface area contributed by atoms with E-state index in [9.17, 15) is 14.0 Å². The lowest BCUT2D eigenvalue weighted by atomic mass is 10.2. The van der Waals surface area contributed by atoms with Crippen LogP contribution < -0.4 is 5.32 Å². The average Bonchev–Trinajstić information content (AvgIpc) is 2.92. The summed E-state index contributed by atoms with van der Waals surface area (Å²) in [5, 5.41) is 2.61. The van der Waals surface area contributed by atoms with Crippen LogP contribution in [0.1, 0.15) is 5.56 Å². The Morgan fingerprint density at radius 3 is 2.56 bits per heavy atom. The van der Waals surface area contributed by atoms with E-state index in [0.717, 1.165) is 17.3 Å². The normalized spacial score (nSPS) is 15.7. The van der Waals surface area contributed by atoms with Crippen molar-refractivity contribution >= 4 is 51.9 Å². The molecule has 2 amide bonds. The maximum absolute atomic E-state index is 12.9. The minimum Gasteiger partial charge on any atom is -0.325 e. The van der Waals surface area contributed by atoms with Gasteiger partial charge < -0.3 is 5.32 Å². The SMILES string of the molecule is O=C(CN1C(=O)/C(=C/C=C/c2ccccc2)SC1=S)Nc1ccc(F)cc1. The van der Waals surface area contributed by atoms with E-state index >= 15 is 0 Å². The Bertz CT molecular complexity index is 925. The predicted octanol–water partition coefficient (Wildman–Crippen LogP) is 4.22. The van der Waals surface area contributed by atoms with Crippen LogP contribution in [0.5, 0.6) is 0 Å². The van der Waals surface area contributed by atoms with Gasteiger partial charge in [-0.2, -0.15) is 0 Å². The van der Waals surface area contributed by atoms with Gasteiger partial charge in [-0.25, -0.2) is 4.39 Å². The Hall–Kier alpha value is -2.77. The number of rotatable bonds is 5. The number of nitrogens with one attached hydrogen (secondary N) is 1. The van der Waals surface area contributed by atoms with Gasteiger partial charge in [0.15, 0.2) is 0 Å². The Morgan fingerprint density at radius 1 is 1.15 bits per heavy atom. The molecule has 27 heavy (non-hydrogen) atoms. The minimum absolute atomic E-state index is 0.193. The lowest BCUT2D eigenvalue weighted by Gasteiger charge is -2.14. The first-order valence-corrected chi connectivity index (χ1v) is 9.28. The second-order valence-corrected chi connectivity index (χ2v) is 7.29. The molecular weight excluding hydrogens is 383 g/mol. The molecule has 4 nitrogen and oxygen atoms in total. The molecule has 2 aromatic carbocycles. The van der Waals surface area contributed by atoms with Gasteiger partial charge in [0, 0.05) is 5.69 Å². The fourth-order valence-electron chi connectivity index (χ4n) is 2.34. The number of carbonyl (C=O) groups is 2. The third-order valence-electron chi connectivity index (χ3n) is 3.64. The van der Waals surface area contributed by atoms with E-state index in [-0.39, 0.29) is 12.5 Å². The van der Waals surface area contributed by atoms with Gasteiger partial charge in [0.25, 0.3) is 5.91 Å². The van der Waals surface area contributed by atoms with Crippen molar-refractivity contribution in [3.8, 4) is 0 Å². The number of thioether (sulfide) groups is 1. The number of amides is 2. The molecule has 1 fully saturated rings. The monoisotopic (exact) mass is 398 g/mol. The van der Waals surface area contributed by atoms with E-state index in [0.29, 0.717) is 14.9 Å². The standard InChI is InChI=1S/C20H15FN2O2S2/c21-15-9-11-16(12-10-15)22-18(24)13-23-19(25)17(27-20(23)26)8-4-7-14-5-2-1-3-6-14/h1-12H,13H2,(H,22,24)/b7-4+,17-8-. The van der Waals surface area contributed by atoms with Gasteiger partial charge in [-0.1, -0.05) is 66.5 Å². The highest BCUT2D eigenvalue weighted by atomic mass is 32.2. The van der Waals surface area contributed by atoms with Crippen molar-refractivity contribution < 1.29 is 14.0 Å². The Kier molecular flexibility index (Phi) is 6.16. The molecule has 0 bridgehead atoms. The molecule has 0 radical (unpaired) electrons. The zero-order valence-electron chi connectivity index (χ0n) is 14.1. The van der Waals surface area contributed by atoms with Crippen LogP contribution in [0.25, 0.3) is 6.08 Å². The van der Waals surface area contributed by atoms with Crippen LogP contribution in [-0.4, -0.2) is 27.6 Å². The minimum atomic E-state index is -0.404. The highest BCUT2D eigenvalue weighted by Gasteiger charge is 2.32. The van der Waals surface area contributed by atoms with E-state index in [4.69, 9.17) is 12.2 Å². The summed E-state index contributed by atoms with van der Waals surface area (Å²) in [5.41, 5.74) is 1.47. The second kappa shape index (κ2) is 8.75. The van der Waals surface area contributed by atoms with E-state index < -0.39 is 11.7 Å². The maximum atomic E-state index is 12.9. The molecule has 1 heterocycles. The number of hydrogen-bond acceptors (Lipinski definition) is 4. The number of hydrogen-bond donors (Lipinski definition) is 1. The van der Waals surface area contributed by atoms with Crippen LogP contribution >= 0.6 is 24.0 Å². The molecule has 1 aliphatic heterocycles. The first-order valence-electron chi connectivity index (χ1n) is 8.05. The fourth-order valence-corrected chi connectivity index (χ4v) is 3.55. The van der Waals surface area contributed by atoms with Gasteiger partial charge in [-0.3, -0.25) is 14.5 Å². The summed E-state index contributed by atoms with van der Waals surface area (Å²) in [6.07, 6.45) is 5.35. The van der Waals surface area contributed by atoms with E-state index in [1.807, 2.05) is 36.4 Å². The van der Waals surface area contributed by atoms with Gasteiger partial charge in [-0.15, -0.1) is 0 Å². The third-order valence-corrected chi connectivity index (χ3v) is 5.04. The quantitative estimate of drug-likeness (QED) is 0.605. The fraction of sp³-hybridized carbons (Fsp3) is 0.0500. The number of allylic oxidation sites excluding steroid dienone is 2. The summed E-state index contributed by atoms with van der Waals surface area (Å²) in [4.78, 5) is 26.3. The van der Waals surface area contributed by atoms with Crippen LogP contribution in [0.2, 0.25) is 0 Å². The van der Waals surface area contributed by atoms with Gasteiger partial charge in [0.05, 0.1) is 4.91 Å². The van der Waals surface area contributed by atoms with Crippen molar-refractivity contribution in [2.45, 2.75) is 0 Å². The van der Waals surface area contributed by atoms with Gasteiger partial charge >= 0.3 is 0 Å². The van der Waals surface area contributed by atoms with Crippen LogP contribution in [0.4, 0.5) is 10.1 Å². The smallest absolute Gasteiger partial charge is 0.266 e. The highest BCUT2D eigenvalue weighted by Crippen LogP contribution is 2.30. The van der Waals surface area contributed by atoms with Gasteiger partial charge in [-0.05, 0) is 35.9 Å². The van der Waals surface area contributed by atoms with Crippen molar-refractivity contribution in [1.29, 1.82) is 0 Å². The van der Waals surface area contributed by atoms with Crippen molar-refractivity contribution in [3.63, 3.8) is 0 Å². The molecule has 1 saturated heterocycles. The van der Waals surface area contributed by atoms with E-state index in [1.165, 1.54) is 29.2 Å². The second-order valence-electron chi connectivity index (χ2n) is 5.62. The van der Waals surface area contributed by atoms with Gasteiger partial charge in [0.2, 0.25) is 5.91 Å². The molecule has 0 aromatic heterocycles. The first-order chi connectivity index (χ1) is 13.0. The Balaban J connectivity index is 1.61. The number of carbonyl (C=O) groups excluding carboxylic acids is 2. The van der Waals surface area contributed by atoms with Crippen LogP contribution in [0.3, 0.4) is 0 Å².